The predicted octanol–water partition coefficient (Wildman–Crippen LogP) is 3.81. The summed E-state index contributed by atoms with van der Waals surface area (Å²) in [7, 11) is 0. The minimum atomic E-state index is 0.793. The highest BCUT2D eigenvalue weighted by molar-refractivity contribution is 9.10. The van der Waals surface area contributed by atoms with E-state index in [1.165, 1.54) is 0 Å². The maximum atomic E-state index is 4.31. The number of nitrogens with zero attached hydrogens (tertiary/aromatic N) is 3. The molecule has 0 saturated carbocycles. The van der Waals surface area contributed by atoms with Crippen molar-refractivity contribution in [3.05, 3.63) is 27.8 Å². The number of hydrogen-bond donors (Lipinski definition) is 1. The molecule has 2 aromatic rings. The van der Waals surface area contributed by atoms with Crippen LogP contribution in [0.15, 0.2) is 27.8 Å². The zero-order chi connectivity index (χ0) is 12.8. The fourth-order valence-electron chi connectivity index (χ4n) is 1.22. The average molecular weight is 345 g/mol. The molecule has 0 amide bonds. The first kappa shape index (κ1) is 13.8. The van der Waals surface area contributed by atoms with Crippen LogP contribution in [0.1, 0.15) is 18.4 Å². The van der Waals surface area contributed by atoms with Crippen LogP contribution in [0.25, 0.3) is 0 Å². The minimum absolute atomic E-state index is 0.793. The molecule has 18 heavy (non-hydrogen) atoms. The molecule has 0 aliphatic rings. The second-order valence-corrected chi connectivity index (χ2v) is 6.39. The number of aromatic nitrogens is 3. The summed E-state index contributed by atoms with van der Waals surface area (Å²) in [6.07, 6.45) is 2.88. The van der Waals surface area contributed by atoms with Crippen molar-refractivity contribution in [1.29, 1.82) is 0 Å². The van der Waals surface area contributed by atoms with Crippen LogP contribution in [0.4, 0.5) is 5.13 Å². The SMILES string of the molecule is CCCNc1nnc(CSc2ncccc2Br)s1. The van der Waals surface area contributed by atoms with Gasteiger partial charge in [0.2, 0.25) is 5.13 Å². The molecule has 2 aromatic heterocycles. The lowest BCUT2D eigenvalue weighted by Crippen LogP contribution is -1.98. The number of thioether (sulfide) groups is 1. The van der Waals surface area contributed by atoms with Crippen molar-refractivity contribution < 1.29 is 0 Å². The van der Waals surface area contributed by atoms with Gasteiger partial charge in [-0.15, -0.1) is 10.2 Å². The first-order valence-electron chi connectivity index (χ1n) is 5.59. The van der Waals surface area contributed by atoms with Gasteiger partial charge in [0.25, 0.3) is 0 Å². The molecular formula is C11H13BrN4S2. The number of hydrogen-bond acceptors (Lipinski definition) is 6. The molecule has 1 N–H and O–H groups in total. The van der Waals surface area contributed by atoms with E-state index in [1.807, 2.05) is 12.1 Å². The molecule has 0 spiro atoms. The highest BCUT2D eigenvalue weighted by Gasteiger charge is 2.06. The smallest absolute Gasteiger partial charge is 0.205 e. The summed E-state index contributed by atoms with van der Waals surface area (Å²) >= 11 is 6.74. The van der Waals surface area contributed by atoms with Crippen LogP contribution in [0, 0.1) is 0 Å². The van der Waals surface area contributed by atoms with Crippen molar-refractivity contribution in [2.75, 3.05) is 11.9 Å². The molecular weight excluding hydrogens is 332 g/mol. The van der Waals surface area contributed by atoms with Crippen molar-refractivity contribution in [2.24, 2.45) is 0 Å². The second kappa shape index (κ2) is 7.06. The third kappa shape index (κ3) is 3.93. The maximum Gasteiger partial charge on any atom is 0.205 e. The molecule has 2 heterocycles. The van der Waals surface area contributed by atoms with Crippen LogP contribution in [-0.4, -0.2) is 21.7 Å². The zero-order valence-corrected chi connectivity index (χ0v) is 13.1. The first-order valence-corrected chi connectivity index (χ1v) is 8.18. The average Bonchev–Trinajstić information content (AvgIpc) is 2.83. The van der Waals surface area contributed by atoms with Gasteiger partial charge in [-0.3, -0.25) is 0 Å². The Morgan fingerprint density at radius 3 is 3.11 bits per heavy atom. The number of anilines is 1. The van der Waals surface area contributed by atoms with Crippen LogP contribution in [-0.2, 0) is 5.75 Å². The molecule has 0 radical (unpaired) electrons. The van der Waals surface area contributed by atoms with E-state index < -0.39 is 0 Å². The summed E-state index contributed by atoms with van der Waals surface area (Å²) in [4.78, 5) is 4.31. The van der Waals surface area contributed by atoms with Gasteiger partial charge in [0.1, 0.15) is 10.0 Å². The molecule has 0 bridgehead atoms. The van der Waals surface area contributed by atoms with Gasteiger partial charge in [0.05, 0.1) is 5.75 Å². The standard InChI is InChI=1S/C11H13BrN4S2/c1-2-5-14-11-16-15-9(18-11)7-17-10-8(12)4-3-6-13-10/h3-4,6H,2,5,7H2,1H3,(H,14,16). The lowest BCUT2D eigenvalue weighted by molar-refractivity contribution is 0.958. The van der Waals surface area contributed by atoms with Crippen molar-refractivity contribution in [3.8, 4) is 0 Å². The predicted molar refractivity (Wildman–Crippen MR) is 80.2 cm³/mol. The fourth-order valence-corrected chi connectivity index (χ4v) is 3.45. The van der Waals surface area contributed by atoms with Gasteiger partial charge in [-0.25, -0.2) is 4.98 Å². The number of halogens is 1. The van der Waals surface area contributed by atoms with Crippen LogP contribution in [0.3, 0.4) is 0 Å². The summed E-state index contributed by atoms with van der Waals surface area (Å²) in [5.74, 6) is 0.793. The van der Waals surface area contributed by atoms with Crippen LogP contribution < -0.4 is 5.32 Å². The Labute approximate surface area is 123 Å². The summed E-state index contributed by atoms with van der Waals surface area (Å²) in [6, 6.07) is 3.90. The molecule has 0 saturated heterocycles. The van der Waals surface area contributed by atoms with E-state index in [1.54, 1.807) is 29.3 Å². The Kier molecular flexibility index (Phi) is 5.40. The number of pyridine rings is 1. The van der Waals surface area contributed by atoms with Gasteiger partial charge < -0.3 is 5.32 Å². The van der Waals surface area contributed by atoms with E-state index in [0.717, 1.165) is 38.4 Å². The second-order valence-electron chi connectivity index (χ2n) is 3.51. The summed E-state index contributed by atoms with van der Waals surface area (Å²) < 4.78 is 1.02. The molecule has 96 valence electrons. The van der Waals surface area contributed by atoms with Gasteiger partial charge in [0.15, 0.2) is 0 Å². The fraction of sp³-hybridized carbons (Fsp3) is 0.364. The van der Waals surface area contributed by atoms with Crippen LogP contribution >= 0.6 is 39.0 Å². The lowest BCUT2D eigenvalue weighted by atomic mass is 10.5. The zero-order valence-electron chi connectivity index (χ0n) is 9.89. The van der Waals surface area contributed by atoms with E-state index in [0.29, 0.717) is 0 Å². The summed E-state index contributed by atoms with van der Waals surface area (Å²) in [5.41, 5.74) is 0. The Morgan fingerprint density at radius 1 is 1.44 bits per heavy atom. The molecule has 0 aliphatic carbocycles. The van der Waals surface area contributed by atoms with E-state index in [4.69, 9.17) is 0 Å². The molecule has 0 fully saturated rings. The van der Waals surface area contributed by atoms with Gasteiger partial charge in [0, 0.05) is 17.2 Å². The van der Waals surface area contributed by atoms with Gasteiger partial charge in [-0.05, 0) is 34.5 Å². The van der Waals surface area contributed by atoms with Gasteiger partial charge in [-0.1, -0.05) is 30.0 Å². The molecule has 0 aliphatic heterocycles. The normalized spacial score (nSPS) is 10.6. The Morgan fingerprint density at radius 2 is 2.33 bits per heavy atom. The molecule has 7 heteroatoms. The highest BCUT2D eigenvalue weighted by Crippen LogP contribution is 2.29. The van der Waals surface area contributed by atoms with Crippen molar-refractivity contribution in [1.82, 2.24) is 15.2 Å². The quantitative estimate of drug-likeness (QED) is 0.807. The van der Waals surface area contributed by atoms with Crippen molar-refractivity contribution in [3.63, 3.8) is 0 Å². The van der Waals surface area contributed by atoms with Crippen molar-refractivity contribution in [2.45, 2.75) is 24.1 Å². The molecule has 2 rings (SSSR count). The van der Waals surface area contributed by atoms with Crippen LogP contribution in [0.5, 0.6) is 0 Å². The van der Waals surface area contributed by atoms with E-state index in [9.17, 15) is 0 Å². The maximum absolute atomic E-state index is 4.31. The lowest BCUT2D eigenvalue weighted by Gasteiger charge is -1.99. The van der Waals surface area contributed by atoms with E-state index in [-0.39, 0.29) is 0 Å². The van der Waals surface area contributed by atoms with Crippen molar-refractivity contribution >= 4 is 44.2 Å². The highest BCUT2D eigenvalue weighted by atomic mass is 79.9. The van der Waals surface area contributed by atoms with E-state index in [2.05, 4.69) is 43.4 Å². The molecule has 4 nitrogen and oxygen atoms in total. The number of rotatable bonds is 6. The molecule has 0 aromatic carbocycles. The third-order valence-corrected chi connectivity index (χ3v) is 5.03. The summed E-state index contributed by atoms with van der Waals surface area (Å²) in [6.45, 7) is 3.07. The van der Waals surface area contributed by atoms with E-state index >= 15 is 0 Å². The minimum Gasteiger partial charge on any atom is -0.360 e. The monoisotopic (exact) mass is 344 g/mol. The van der Waals surface area contributed by atoms with Gasteiger partial charge >= 0.3 is 0 Å². The van der Waals surface area contributed by atoms with Crippen LogP contribution in [0.2, 0.25) is 0 Å². The Bertz CT molecular complexity index is 503. The Hall–Kier alpha value is -0.660. The first-order chi connectivity index (χ1) is 8.79. The topological polar surface area (TPSA) is 50.7 Å². The van der Waals surface area contributed by atoms with Gasteiger partial charge in [-0.2, -0.15) is 0 Å². The molecule has 0 atom stereocenters. The summed E-state index contributed by atoms with van der Waals surface area (Å²) in [5, 5.41) is 14.4. The third-order valence-electron chi connectivity index (χ3n) is 2.05. The largest absolute Gasteiger partial charge is 0.360 e. The molecule has 0 unspecified atom stereocenters. The Balaban J connectivity index is 1.90. The number of nitrogens with one attached hydrogen (secondary N) is 1.